The van der Waals surface area contributed by atoms with Crippen molar-refractivity contribution in [2.45, 2.75) is 11.8 Å². The van der Waals surface area contributed by atoms with Crippen molar-refractivity contribution in [2.75, 3.05) is 57.5 Å². The topological polar surface area (TPSA) is 89.0 Å². The fourth-order valence-corrected chi connectivity index (χ4v) is 6.37. The van der Waals surface area contributed by atoms with E-state index in [-0.39, 0.29) is 34.4 Å². The molecule has 0 radical (unpaired) electrons. The Morgan fingerprint density at radius 2 is 1.73 bits per heavy atom. The molecular formula is C19H22ClN3O5S2. The van der Waals surface area contributed by atoms with Gasteiger partial charge in [0.25, 0.3) is 0 Å². The van der Waals surface area contributed by atoms with Crippen molar-refractivity contribution in [1.29, 1.82) is 0 Å². The quantitative estimate of drug-likeness (QED) is 0.617. The number of sulfonamides is 1. The van der Waals surface area contributed by atoms with Gasteiger partial charge in [-0.15, -0.1) is 0 Å². The van der Waals surface area contributed by atoms with Gasteiger partial charge in [0, 0.05) is 31.7 Å². The Bertz CT molecular complexity index is 1040. The third-order valence-electron chi connectivity index (χ3n) is 5.05. The minimum atomic E-state index is -3.82. The van der Waals surface area contributed by atoms with Crippen LogP contribution in [0.2, 0.25) is 5.02 Å². The molecule has 2 aromatic rings. The van der Waals surface area contributed by atoms with Gasteiger partial charge in [0.1, 0.15) is 4.90 Å². The molecule has 2 aliphatic heterocycles. The Balaban J connectivity index is 1.64. The molecule has 2 saturated heterocycles. The molecule has 0 amide bonds. The van der Waals surface area contributed by atoms with Crippen molar-refractivity contribution >= 4 is 43.9 Å². The Hall–Kier alpha value is -1.56. The maximum absolute atomic E-state index is 13.2. The number of benzene rings is 1. The minimum absolute atomic E-state index is 0.0625. The van der Waals surface area contributed by atoms with E-state index in [1.54, 1.807) is 13.0 Å². The van der Waals surface area contributed by atoms with E-state index in [9.17, 15) is 13.2 Å². The lowest BCUT2D eigenvalue weighted by atomic mass is 10.1. The van der Waals surface area contributed by atoms with Gasteiger partial charge in [-0.3, -0.25) is 4.79 Å². The number of nitrogens with zero attached hydrogens (tertiary/aromatic N) is 3. The SMILES string of the molecule is Cc1nc(N2CCOCC2)sc1C(=O)c1ccc(Cl)c(S(=O)(=O)N2CCOCC2)c1. The van der Waals surface area contributed by atoms with Crippen LogP contribution in [0.3, 0.4) is 0 Å². The Kier molecular flexibility index (Phi) is 6.42. The van der Waals surface area contributed by atoms with Gasteiger partial charge in [-0.05, 0) is 25.1 Å². The predicted octanol–water partition coefficient (Wildman–Crippen LogP) is 2.19. The third kappa shape index (κ3) is 4.25. The lowest BCUT2D eigenvalue weighted by Crippen LogP contribution is -2.40. The van der Waals surface area contributed by atoms with Crippen molar-refractivity contribution in [1.82, 2.24) is 9.29 Å². The fourth-order valence-electron chi connectivity index (χ4n) is 3.38. The molecule has 8 nitrogen and oxygen atoms in total. The zero-order chi connectivity index (χ0) is 21.3. The highest BCUT2D eigenvalue weighted by molar-refractivity contribution is 7.89. The number of aryl methyl sites for hydroxylation is 1. The second-order valence-electron chi connectivity index (χ2n) is 7.00. The Morgan fingerprint density at radius 3 is 2.40 bits per heavy atom. The second-order valence-corrected chi connectivity index (χ2v) is 10.3. The molecule has 0 aliphatic carbocycles. The molecule has 30 heavy (non-hydrogen) atoms. The molecule has 0 atom stereocenters. The predicted molar refractivity (Wildman–Crippen MR) is 114 cm³/mol. The number of hydrogen-bond acceptors (Lipinski definition) is 8. The number of hydrogen-bond donors (Lipinski definition) is 0. The summed E-state index contributed by atoms with van der Waals surface area (Å²) in [6.07, 6.45) is 0. The molecule has 1 aromatic heterocycles. The van der Waals surface area contributed by atoms with Crippen molar-refractivity contribution in [3.05, 3.63) is 39.4 Å². The summed E-state index contributed by atoms with van der Waals surface area (Å²) in [7, 11) is -3.82. The standard InChI is InChI=1S/C19H22ClN3O5S2/c1-13-18(29-19(21-13)22-4-8-27-9-5-22)17(24)14-2-3-15(20)16(12-14)30(25,26)23-6-10-28-11-7-23/h2-3,12H,4-11H2,1H3. The normalized spacial score (nSPS) is 18.5. The van der Waals surface area contributed by atoms with Crippen LogP contribution in [-0.4, -0.2) is 76.1 Å². The van der Waals surface area contributed by atoms with Crippen LogP contribution in [-0.2, 0) is 19.5 Å². The van der Waals surface area contributed by atoms with E-state index in [4.69, 9.17) is 21.1 Å². The number of carbonyl (C=O) groups is 1. The van der Waals surface area contributed by atoms with E-state index in [1.807, 2.05) is 0 Å². The lowest BCUT2D eigenvalue weighted by molar-refractivity contribution is 0.0730. The van der Waals surface area contributed by atoms with Gasteiger partial charge in [0.05, 0.1) is 42.0 Å². The number of ketones is 1. The summed E-state index contributed by atoms with van der Waals surface area (Å²) in [5.74, 6) is -0.264. The molecule has 0 saturated carbocycles. The highest BCUT2D eigenvalue weighted by Gasteiger charge is 2.30. The number of rotatable bonds is 5. The molecule has 2 fully saturated rings. The molecule has 1 aromatic carbocycles. The van der Waals surface area contributed by atoms with Gasteiger partial charge in [-0.1, -0.05) is 22.9 Å². The van der Waals surface area contributed by atoms with Gasteiger partial charge < -0.3 is 14.4 Å². The van der Waals surface area contributed by atoms with Crippen LogP contribution >= 0.6 is 22.9 Å². The first-order chi connectivity index (χ1) is 14.4. The second kappa shape index (κ2) is 8.89. The highest BCUT2D eigenvalue weighted by Crippen LogP contribution is 2.31. The van der Waals surface area contributed by atoms with E-state index >= 15 is 0 Å². The summed E-state index contributed by atoms with van der Waals surface area (Å²) >= 11 is 7.53. The molecule has 4 rings (SSSR count). The molecule has 0 unspecified atom stereocenters. The number of anilines is 1. The lowest BCUT2D eigenvalue weighted by Gasteiger charge is -2.26. The van der Waals surface area contributed by atoms with Gasteiger partial charge in [-0.25, -0.2) is 13.4 Å². The molecule has 11 heteroatoms. The van der Waals surface area contributed by atoms with E-state index in [0.717, 1.165) is 18.2 Å². The minimum Gasteiger partial charge on any atom is -0.379 e. The Morgan fingerprint density at radius 1 is 1.10 bits per heavy atom. The first-order valence-corrected chi connectivity index (χ1v) is 12.2. The zero-order valence-corrected chi connectivity index (χ0v) is 18.9. The number of carbonyl (C=O) groups excluding carboxylic acids is 1. The largest absolute Gasteiger partial charge is 0.379 e. The first kappa shape index (κ1) is 21.7. The maximum Gasteiger partial charge on any atom is 0.244 e. The van der Waals surface area contributed by atoms with Gasteiger partial charge in [-0.2, -0.15) is 4.31 Å². The number of morpholine rings is 2. The molecular weight excluding hydrogens is 450 g/mol. The summed E-state index contributed by atoms with van der Waals surface area (Å²) in [5, 5.41) is 0.863. The summed E-state index contributed by atoms with van der Waals surface area (Å²) in [6.45, 7) is 5.67. The molecule has 3 heterocycles. The Labute approximate surface area is 184 Å². The third-order valence-corrected chi connectivity index (χ3v) is 8.65. The molecule has 0 N–H and O–H groups in total. The first-order valence-electron chi connectivity index (χ1n) is 9.60. The monoisotopic (exact) mass is 471 g/mol. The van der Waals surface area contributed by atoms with Crippen LogP contribution in [0.15, 0.2) is 23.1 Å². The molecule has 162 valence electrons. The number of thiazole rings is 1. The maximum atomic E-state index is 13.2. The molecule has 0 bridgehead atoms. The van der Waals surface area contributed by atoms with Gasteiger partial charge in [0.15, 0.2) is 5.13 Å². The van der Waals surface area contributed by atoms with Crippen LogP contribution in [0.4, 0.5) is 5.13 Å². The average molecular weight is 472 g/mol. The summed E-state index contributed by atoms with van der Waals surface area (Å²) in [5.41, 5.74) is 0.894. The number of ether oxygens (including phenoxy) is 2. The van der Waals surface area contributed by atoms with Crippen molar-refractivity contribution in [3.8, 4) is 0 Å². The highest BCUT2D eigenvalue weighted by atomic mass is 35.5. The van der Waals surface area contributed by atoms with Crippen LogP contribution in [0.25, 0.3) is 0 Å². The van der Waals surface area contributed by atoms with Crippen LogP contribution < -0.4 is 4.90 Å². The van der Waals surface area contributed by atoms with Crippen LogP contribution in [0.1, 0.15) is 20.9 Å². The summed E-state index contributed by atoms with van der Waals surface area (Å²) in [4.78, 5) is 20.3. The number of halogens is 1. The van der Waals surface area contributed by atoms with E-state index in [1.165, 1.54) is 27.8 Å². The van der Waals surface area contributed by atoms with Crippen molar-refractivity contribution < 1.29 is 22.7 Å². The van der Waals surface area contributed by atoms with E-state index < -0.39 is 10.0 Å². The van der Waals surface area contributed by atoms with Crippen LogP contribution in [0, 0.1) is 6.92 Å². The summed E-state index contributed by atoms with van der Waals surface area (Å²) < 4.78 is 38.0. The molecule has 2 aliphatic rings. The van der Waals surface area contributed by atoms with E-state index in [0.29, 0.717) is 37.0 Å². The average Bonchev–Trinajstić information content (AvgIpc) is 3.16. The van der Waals surface area contributed by atoms with Gasteiger partial charge in [0.2, 0.25) is 15.8 Å². The van der Waals surface area contributed by atoms with Gasteiger partial charge >= 0.3 is 0 Å². The smallest absolute Gasteiger partial charge is 0.244 e. The zero-order valence-electron chi connectivity index (χ0n) is 16.5. The van der Waals surface area contributed by atoms with Crippen molar-refractivity contribution in [2.24, 2.45) is 0 Å². The van der Waals surface area contributed by atoms with E-state index in [2.05, 4.69) is 9.88 Å². The van der Waals surface area contributed by atoms with Crippen molar-refractivity contribution in [3.63, 3.8) is 0 Å². The number of aromatic nitrogens is 1. The fraction of sp³-hybridized carbons (Fsp3) is 0.474. The van der Waals surface area contributed by atoms with Crippen LogP contribution in [0.5, 0.6) is 0 Å². The summed E-state index contributed by atoms with van der Waals surface area (Å²) in [6, 6.07) is 4.38. The molecule has 0 spiro atoms.